The van der Waals surface area contributed by atoms with Gasteiger partial charge < -0.3 is 0 Å². The van der Waals surface area contributed by atoms with Gasteiger partial charge in [-0.05, 0) is 70.6 Å². The number of rotatable bonds is 2. The molecule has 0 rings (SSSR count). The maximum Gasteiger partial charge on any atom is 0.0130 e. The molecule has 0 fully saturated rings. The third-order valence-electron chi connectivity index (χ3n) is 4.49. The summed E-state index contributed by atoms with van der Waals surface area (Å²) in [6, 6.07) is 1.27. The van der Waals surface area contributed by atoms with Gasteiger partial charge in [-0.3, -0.25) is 4.90 Å². The van der Waals surface area contributed by atoms with Crippen molar-refractivity contribution in [2.24, 2.45) is 22.2 Å². The normalized spacial score (nSPS) is 14.5. The van der Waals surface area contributed by atoms with Crippen molar-refractivity contribution >= 4 is 0 Å². The molecular weight excluding hydrogens is 290 g/mol. The molecule has 0 saturated carbocycles. The molecule has 0 unspecified atom stereocenters. The average molecular weight is 342 g/mol. The van der Waals surface area contributed by atoms with Gasteiger partial charge in [-0.2, -0.15) is 0 Å². The molecule has 0 bridgehead atoms. The van der Waals surface area contributed by atoms with E-state index in [1.807, 2.05) is 0 Å². The summed E-state index contributed by atoms with van der Waals surface area (Å²) < 4.78 is 0. The molecule has 0 aliphatic carbocycles. The van der Waals surface area contributed by atoms with Crippen molar-refractivity contribution in [3.05, 3.63) is 0 Å². The van der Waals surface area contributed by atoms with Gasteiger partial charge in [0.25, 0.3) is 0 Å². The first kappa shape index (κ1) is 26.2. The average Bonchev–Trinajstić information content (AvgIpc) is 2.03. The van der Waals surface area contributed by atoms with E-state index in [0.717, 1.165) is 5.92 Å². The molecule has 0 atom stereocenters. The molecule has 0 N–H and O–H groups in total. The minimum atomic E-state index is 0.294. The van der Waals surface area contributed by atoms with Crippen molar-refractivity contribution in [1.29, 1.82) is 0 Å². The molecule has 0 aromatic heterocycles. The van der Waals surface area contributed by atoms with Gasteiger partial charge in [0.1, 0.15) is 0 Å². The molecule has 0 aromatic rings. The van der Waals surface area contributed by atoms with E-state index in [2.05, 4.69) is 116 Å². The Labute approximate surface area is 156 Å². The van der Waals surface area contributed by atoms with Crippen LogP contribution in [0.5, 0.6) is 0 Å². The van der Waals surface area contributed by atoms with Gasteiger partial charge in [-0.1, -0.05) is 62.3 Å². The summed E-state index contributed by atoms with van der Waals surface area (Å²) in [7, 11) is 0. The van der Waals surface area contributed by atoms with Gasteiger partial charge in [0.05, 0.1) is 0 Å². The van der Waals surface area contributed by atoms with Crippen LogP contribution in [0.4, 0.5) is 0 Å². The smallest absolute Gasteiger partial charge is 0.0130 e. The zero-order valence-corrected chi connectivity index (χ0v) is 20.2. The molecule has 0 amide bonds. The highest BCUT2D eigenvalue weighted by Crippen LogP contribution is 2.49. The van der Waals surface area contributed by atoms with Crippen molar-refractivity contribution in [3.8, 4) is 0 Å². The predicted molar refractivity (Wildman–Crippen MR) is 114 cm³/mol. The van der Waals surface area contributed by atoms with E-state index >= 15 is 0 Å². The molecule has 0 saturated heterocycles. The Hall–Kier alpha value is -0.0400. The first-order chi connectivity index (χ1) is 10.1. The lowest BCUT2D eigenvalue weighted by Gasteiger charge is -2.49. The van der Waals surface area contributed by atoms with Crippen LogP contribution in [0.1, 0.15) is 111 Å². The predicted octanol–water partition coefficient (Wildman–Crippen LogP) is 7.64. The highest BCUT2D eigenvalue weighted by Gasteiger charge is 2.42. The fourth-order valence-electron chi connectivity index (χ4n) is 6.04. The summed E-state index contributed by atoms with van der Waals surface area (Å²) in [6.45, 7) is 37.0. The Balaban J connectivity index is 0. The zero-order valence-electron chi connectivity index (χ0n) is 20.2. The van der Waals surface area contributed by atoms with Crippen LogP contribution in [-0.4, -0.2) is 22.5 Å². The van der Waals surface area contributed by atoms with Crippen molar-refractivity contribution in [2.75, 3.05) is 0 Å². The topological polar surface area (TPSA) is 3.24 Å². The van der Waals surface area contributed by atoms with Crippen LogP contribution in [0.15, 0.2) is 0 Å². The second-order valence-electron chi connectivity index (χ2n) is 12.3. The largest absolute Gasteiger partial charge is 0.294 e. The Bertz CT molecular complexity index is 295. The van der Waals surface area contributed by atoms with Crippen LogP contribution in [0.3, 0.4) is 0 Å². The van der Waals surface area contributed by atoms with Gasteiger partial charge in [-0.25, -0.2) is 0 Å². The van der Waals surface area contributed by atoms with Crippen LogP contribution in [0.25, 0.3) is 0 Å². The highest BCUT2D eigenvalue weighted by molar-refractivity contribution is 4.91. The van der Waals surface area contributed by atoms with E-state index in [9.17, 15) is 0 Å². The van der Waals surface area contributed by atoms with E-state index in [0.29, 0.717) is 33.9 Å². The standard InChI is InChI=1S/C13H28.C10H23N/c1-11(2,3)10(12(4,5)6)13(7,8)9;1-8(2)11(9(3)4)10(5,6)7/h10H,1-9H3;8-9H,1-7H3. The molecule has 0 spiro atoms. The Kier molecular flexibility index (Phi) is 9.34. The fraction of sp³-hybridized carbons (Fsp3) is 1.00. The number of nitrogens with zero attached hydrogens (tertiary/aromatic N) is 1. The van der Waals surface area contributed by atoms with Crippen LogP contribution in [-0.2, 0) is 0 Å². The molecule has 24 heavy (non-hydrogen) atoms. The minimum Gasteiger partial charge on any atom is -0.294 e. The fourth-order valence-corrected chi connectivity index (χ4v) is 6.04. The van der Waals surface area contributed by atoms with Gasteiger partial charge in [0, 0.05) is 17.6 Å². The summed E-state index contributed by atoms with van der Waals surface area (Å²) in [6.07, 6.45) is 0. The summed E-state index contributed by atoms with van der Waals surface area (Å²) in [5.41, 5.74) is 1.45. The van der Waals surface area contributed by atoms with Gasteiger partial charge in [-0.15, -0.1) is 0 Å². The minimum absolute atomic E-state index is 0.294. The number of hydrogen-bond donors (Lipinski definition) is 0. The van der Waals surface area contributed by atoms with Crippen molar-refractivity contribution < 1.29 is 0 Å². The Morgan fingerprint density at radius 3 is 0.667 bits per heavy atom. The van der Waals surface area contributed by atoms with E-state index in [4.69, 9.17) is 0 Å². The molecule has 0 radical (unpaired) electrons. The van der Waals surface area contributed by atoms with Crippen molar-refractivity contribution in [2.45, 2.75) is 128 Å². The first-order valence-corrected chi connectivity index (χ1v) is 9.92. The molecule has 1 heteroatoms. The molecule has 0 aliphatic heterocycles. The second kappa shape index (κ2) is 8.56. The lowest BCUT2D eigenvalue weighted by molar-refractivity contribution is 0.00271. The Morgan fingerprint density at radius 1 is 0.458 bits per heavy atom. The zero-order chi connectivity index (χ0) is 20.3. The lowest BCUT2D eigenvalue weighted by Crippen LogP contribution is -2.49. The first-order valence-electron chi connectivity index (χ1n) is 9.92. The maximum absolute atomic E-state index is 2.52. The van der Waals surface area contributed by atoms with Crippen molar-refractivity contribution in [3.63, 3.8) is 0 Å². The van der Waals surface area contributed by atoms with E-state index in [1.165, 1.54) is 0 Å². The third-order valence-corrected chi connectivity index (χ3v) is 4.49. The molecule has 0 aliphatic rings. The Morgan fingerprint density at radius 2 is 0.667 bits per heavy atom. The molecule has 148 valence electrons. The summed E-state index contributed by atoms with van der Waals surface area (Å²) in [5.74, 6) is 0.729. The lowest BCUT2D eigenvalue weighted by atomic mass is 9.56. The van der Waals surface area contributed by atoms with Crippen LogP contribution in [0, 0.1) is 22.2 Å². The third kappa shape index (κ3) is 9.44. The van der Waals surface area contributed by atoms with E-state index in [1.54, 1.807) is 0 Å². The van der Waals surface area contributed by atoms with Gasteiger partial charge in [0.15, 0.2) is 0 Å². The second-order valence-corrected chi connectivity index (χ2v) is 12.3. The molecule has 1 nitrogen and oxygen atoms in total. The monoisotopic (exact) mass is 341 g/mol. The SMILES string of the molecule is CC(C)(C)C(C(C)(C)C)C(C)(C)C.CC(C)N(C(C)C)C(C)(C)C. The quantitative estimate of drug-likeness (QED) is 0.498. The van der Waals surface area contributed by atoms with Crippen molar-refractivity contribution in [1.82, 2.24) is 4.90 Å². The van der Waals surface area contributed by atoms with E-state index in [-0.39, 0.29) is 0 Å². The summed E-state index contributed by atoms with van der Waals surface area (Å²) in [4.78, 5) is 2.52. The molecule has 0 aromatic carbocycles. The highest BCUT2D eigenvalue weighted by atomic mass is 15.2. The van der Waals surface area contributed by atoms with Crippen LogP contribution in [0.2, 0.25) is 0 Å². The summed E-state index contributed by atoms with van der Waals surface area (Å²) in [5, 5.41) is 0. The van der Waals surface area contributed by atoms with E-state index < -0.39 is 0 Å². The van der Waals surface area contributed by atoms with Crippen LogP contribution < -0.4 is 0 Å². The van der Waals surface area contributed by atoms with Crippen LogP contribution >= 0.6 is 0 Å². The number of hydrogen-bond acceptors (Lipinski definition) is 1. The maximum atomic E-state index is 2.52. The van der Waals surface area contributed by atoms with Gasteiger partial charge in [0.2, 0.25) is 0 Å². The molecule has 0 heterocycles. The summed E-state index contributed by atoms with van der Waals surface area (Å²) >= 11 is 0. The van der Waals surface area contributed by atoms with Gasteiger partial charge >= 0.3 is 0 Å². The molecular formula is C23H51N.